The van der Waals surface area contributed by atoms with Crippen LogP contribution in [-0.4, -0.2) is 19.5 Å². The Morgan fingerprint density at radius 3 is 2.25 bits per heavy atom. The van der Waals surface area contributed by atoms with Crippen molar-refractivity contribution in [2.75, 3.05) is 0 Å². The molecule has 0 unspecified atom stereocenters. The molecule has 0 heterocycles. The number of carbonyl (C=O) groups is 1. The summed E-state index contributed by atoms with van der Waals surface area (Å²) >= 11 is 0. The second-order valence-corrected chi connectivity index (χ2v) is 4.12. The Labute approximate surface area is 70.0 Å². The molecule has 1 aliphatic rings. The molecule has 0 spiro atoms. The van der Waals surface area contributed by atoms with Crippen molar-refractivity contribution in [1.82, 2.24) is 4.83 Å². The molecular weight excluding hydrogens is 180 g/mol. The predicted molar refractivity (Wildman–Crippen MR) is 43.3 cm³/mol. The fourth-order valence-electron chi connectivity index (χ4n) is 0.784. The zero-order chi connectivity index (χ0) is 9.19. The van der Waals surface area contributed by atoms with Gasteiger partial charge in [0.25, 0.3) is 0 Å². The molecular formula is C6H8N2O3S. The predicted octanol–water partition coefficient (Wildman–Crippen LogP) is -1.16. The van der Waals surface area contributed by atoms with Gasteiger partial charge in [0.1, 0.15) is 5.25 Å². The van der Waals surface area contributed by atoms with Crippen molar-refractivity contribution in [1.29, 1.82) is 0 Å². The molecule has 0 aromatic carbocycles. The molecule has 0 atom stereocenters. The number of sulfonamides is 1. The van der Waals surface area contributed by atoms with Crippen LogP contribution in [-0.2, 0) is 14.8 Å². The zero-order valence-electron chi connectivity index (χ0n) is 6.10. The smallest absolute Gasteiger partial charge is 0.234 e. The molecule has 12 heavy (non-hydrogen) atoms. The van der Waals surface area contributed by atoms with Crippen molar-refractivity contribution in [2.45, 2.75) is 5.25 Å². The number of ketones is 1. The highest BCUT2D eigenvalue weighted by Gasteiger charge is 2.20. The third-order valence-corrected chi connectivity index (χ3v) is 2.78. The summed E-state index contributed by atoms with van der Waals surface area (Å²) in [7, 11) is -3.54. The van der Waals surface area contributed by atoms with Gasteiger partial charge in [-0.05, 0) is 12.2 Å². The van der Waals surface area contributed by atoms with E-state index >= 15 is 0 Å². The fourth-order valence-corrected chi connectivity index (χ4v) is 1.51. The standard InChI is InChI=1S/C6H8N2O3S/c7-8-12(10,11)6-3-1-5(9)2-4-6/h1-4,6,8H,7H2. The number of hydrazine groups is 1. The van der Waals surface area contributed by atoms with E-state index in [1.807, 2.05) is 0 Å². The van der Waals surface area contributed by atoms with Crippen LogP contribution in [0.25, 0.3) is 0 Å². The minimum Gasteiger partial charge on any atom is -0.290 e. The number of hydrogen-bond donors (Lipinski definition) is 2. The van der Waals surface area contributed by atoms with E-state index in [2.05, 4.69) is 0 Å². The fraction of sp³-hybridized carbons (Fsp3) is 0.167. The second-order valence-electron chi connectivity index (χ2n) is 2.25. The Morgan fingerprint density at radius 1 is 1.33 bits per heavy atom. The molecule has 1 rings (SSSR count). The maximum absolute atomic E-state index is 11.0. The summed E-state index contributed by atoms with van der Waals surface area (Å²) in [5.74, 6) is 4.56. The minimum atomic E-state index is -3.54. The molecule has 6 heteroatoms. The van der Waals surface area contributed by atoms with Gasteiger partial charge in [-0.3, -0.25) is 10.6 Å². The van der Waals surface area contributed by atoms with Crippen molar-refractivity contribution in [3.05, 3.63) is 24.3 Å². The van der Waals surface area contributed by atoms with E-state index < -0.39 is 15.3 Å². The maximum Gasteiger partial charge on any atom is 0.234 e. The highest BCUT2D eigenvalue weighted by molar-refractivity contribution is 7.90. The van der Waals surface area contributed by atoms with E-state index in [4.69, 9.17) is 5.84 Å². The normalized spacial score (nSPS) is 18.6. The third-order valence-electron chi connectivity index (χ3n) is 1.42. The van der Waals surface area contributed by atoms with Crippen molar-refractivity contribution < 1.29 is 13.2 Å². The number of nitrogens with two attached hydrogens (primary N) is 1. The van der Waals surface area contributed by atoms with Crippen LogP contribution >= 0.6 is 0 Å². The molecule has 0 amide bonds. The lowest BCUT2D eigenvalue weighted by Crippen LogP contribution is -2.37. The summed E-state index contributed by atoms with van der Waals surface area (Å²) in [5.41, 5.74) is 0. The molecule has 5 nitrogen and oxygen atoms in total. The molecule has 66 valence electrons. The average Bonchev–Trinajstić information content (AvgIpc) is 2.05. The zero-order valence-corrected chi connectivity index (χ0v) is 6.91. The van der Waals surface area contributed by atoms with Crippen LogP contribution in [0.15, 0.2) is 24.3 Å². The summed E-state index contributed by atoms with van der Waals surface area (Å²) in [4.78, 5) is 12.3. The molecule has 0 aromatic heterocycles. The van der Waals surface area contributed by atoms with E-state index in [1.165, 1.54) is 24.3 Å². The first kappa shape index (κ1) is 9.11. The van der Waals surface area contributed by atoms with Gasteiger partial charge in [-0.1, -0.05) is 12.2 Å². The van der Waals surface area contributed by atoms with Gasteiger partial charge >= 0.3 is 0 Å². The van der Waals surface area contributed by atoms with Crippen LogP contribution in [0.3, 0.4) is 0 Å². The van der Waals surface area contributed by atoms with E-state index in [1.54, 1.807) is 4.83 Å². The Hall–Kier alpha value is -0.980. The van der Waals surface area contributed by atoms with E-state index in [9.17, 15) is 13.2 Å². The summed E-state index contributed by atoms with van der Waals surface area (Å²) in [6, 6.07) is 0. The molecule has 1 aliphatic carbocycles. The number of rotatable bonds is 2. The van der Waals surface area contributed by atoms with Gasteiger partial charge < -0.3 is 0 Å². The third kappa shape index (κ3) is 1.79. The first-order chi connectivity index (χ1) is 5.56. The van der Waals surface area contributed by atoms with Gasteiger partial charge in [0.2, 0.25) is 10.0 Å². The highest BCUT2D eigenvalue weighted by atomic mass is 32.2. The maximum atomic E-state index is 11.0. The molecule has 0 fully saturated rings. The molecule has 0 radical (unpaired) electrons. The number of hydrogen-bond acceptors (Lipinski definition) is 4. The van der Waals surface area contributed by atoms with Crippen LogP contribution in [0.1, 0.15) is 0 Å². The first-order valence-electron chi connectivity index (χ1n) is 3.18. The van der Waals surface area contributed by atoms with Crippen LogP contribution in [0.5, 0.6) is 0 Å². The summed E-state index contributed by atoms with van der Waals surface area (Å²) in [6.45, 7) is 0. The number of nitrogens with one attached hydrogen (secondary N) is 1. The van der Waals surface area contributed by atoms with Crippen molar-refractivity contribution in [3.8, 4) is 0 Å². The first-order valence-corrected chi connectivity index (χ1v) is 4.72. The monoisotopic (exact) mass is 188 g/mol. The van der Waals surface area contributed by atoms with Crippen molar-refractivity contribution >= 4 is 15.8 Å². The lowest BCUT2D eigenvalue weighted by Gasteiger charge is -2.09. The summed E-state index contributed by atoms with van der Waals surface area (Å²) < 4.78 is 22.0. The lowest BCUT2D eigenvalue weighted by atomic mass is 10.2. The number of allylic oxidation sites excluding steroid dienone is 2. The molecule has 0 saturated carbocycles. The van der Waals surface area contributed by atoms with Crippen molar-refractivity contribution in [3.63, 3.8) is 0 Å². The van der Waals surface area contributed by atoms with Gasteiger partial charge in [0.05, 0.1) is 0 Å². The Kier molecular flexibility index (Phi) is 2.41. The average molecular weight is 188 g/mol. The van der Waals surface area contributed by atoms with Gasteiger partial charge in [0, 0.05) is 0 Å². The molecule has 0 aliphatic heterocycles. The summed E-state index contributed by atoms with van der Waals surface area (Å²) in [6.07, 6.45) is 4.94. The largest absolute Gasteiger partial charge is 0.290 e. The van der Waals surface area contributed by atoms with Crippen LogP contribution in [0.4, 0.5) is 0 Å². The van der Waals surface area contributed by atoms with E-state index in [0.29, 0.717) is 0 Å². The van der Waals surface area contributed by atoms with Crippen LogP contribution in [0.2, 0.25) is 0 Å². The topological polar surface area (TPSA) is 89.3 Å². The molecule has 0 bridgehead atoms. The van der Waals surface area contributed by atoms with Crippen LogP contribution in [0, 0.1) is 0 Å². The second kappa shape index (κ2) is 3.18. The van der Waals surface area contributed by atoms with Crippen molar-refractivity contribution in [2.24, 2.45) is 5.84 Å². The SMILES string of the molecule is NNS(=O)(=O)C1C=CC(=O)C=C1. The van der Waals surface area contributed by atoms with Gasteiger partial charge in [-0.25, -0.2) is 8.42 Å². The Balaban J connectivity index is 2.89. The highest BCUT2D eigenvalue weighted by Crippen LogP contribution is 2.06. The Bertz CT molecular complexity index is 326. The van der Waals surface area contributed by atoms with E-state index in [0.717, 1.165) is 0 Å². The molecule has 0 aromatic rings. The summed E-state index contributed by atoms with van der Waals surface area (Å²) in [5, 5.41) is -0.847. The molecule has 0 saturated heterocycles. The van der Waals surface area contributed by atoms with Gasteiger partial charge in [-0.15, -0.1) is 0 Å². The van der Waals surface area contributed by atoms with E-state index in [-0.39, 0.29) is 5.78 Å². The number of carbonyl (C=O) groups excluding carboxylic acids is 1. The van der Waals surface area contributed by atoms with Gasteiger partial charge in [0.15, 0.2) is 5.78 Å². The van der Waals surface area contributed by atoms with Gasteiger partial charge in [-0.2, -0.15) is 4.83 Å². The minimum absolute atomic E-state index is 0.224. The lowest BCUT2D eigenvalue weighted by molar-refractivity contribution is -0.110. The quantitative estimate of drug-likeness (QED) is 0.422. The Morgan fingerprint density at radius 2 is 1.83 bits per heavy atom. The molecule has 3 N–H and O–H groups in total. The van der Waals surface area contributed by atoms with Crippen LogP contribution < -0.4 is 10.7 Å².